The zero-order chi connectivity index (χ0) is 14.2. The van der Waals surface area contributed by atoms with Crippen LogP contribution in [0.1, 0.15) is 34.1 Å². The molecule has 5 nitrogen and oxygen atoms in total. The van der Waals surface area contributed by atoms with Crippen molar-refractivity contribution in [1.29, 1.82) is 0 Å². The second-order valence-corrected chi connectivity index (χ2v) is 6.77. The van der Waals surface area contributed by atoms with Crippen LogP contribution >= 0.6 is 7.60 Å². The summed E-state index contributed by atoms with van der Waals surface area (Å²) >= 11 is 0. The second kappa shape index (κ2) is 7.58. The summed E-state index contributed by atoms with van der Waals surface area (Å²) in [7, 11) is -3.19. The van der Waals surface area contributed by atoms with E-state index < -0.39 is 19.0 Å². The molecule has 0 aromatic heterocycles. The van der Waals surface area contributed by atoms with Crippen molar-refractivity contribution in [3.05, 3.63) is 0 Å². The molecule has 0 aromatic rings. The molecule has 1 atom stereocenters. The number of ether oxygens (including phenoxy) is 1. The van der Waals surface area contributed by atoms with Gasteiger partial charge < -0.3 is 9.26 Å². The molecule has 1 unspecified atom stereocenters. The summed E-state index contributed by atoms with van der Waals surface area (Å²) in [6.45, 7) is 8.07. The van der Waals surface area contributed by atoms with Crippen LogP contribution in [0.5, 0.6) is 0 Å². The van der Waals surface area contributed by atoms with Gasteiger partial charge in [-0.3, -0.25) is 13.9 Å². The van der Waals surface area contributed by atoms with Crippen molar-refractivity contribution in [2.75, 3.05) is 20.1 Å². The van der Waals surface area contributed by atoms with Crippen molar-refractivity contribution in [3.63, 3.8) is 0 Å². The summed E-state index contributed by atoms with van der Waals surface area (Å²) in [6.07, 6.45) is 0.486. The van der Waals surface area contributed by atoms with Crippen molar-refractivity contribution in [3.8, 4) is 11.8 Å². The van der Waals surface area contributed by atoms with E-state index in [-0.39, 0.29) is 13.4 Å². The van der Waals surface area contributed by atoms with Crippen molar-refractivity contribution in [2.45, 2.75) is 34.1 Å². The average Bonchev–Trinajstić information content (AvgIpc) is 2.23. The predicted molar refractivity (Wildman–Crippen MR) is 69.0 cm³/mol. The Morgan fingerprint density at radius 2 is 1.89 bits per heavy atom. The van der Waals surface area contributed by atoms with E-state index in [1.165, 1.54) is 6.66 Å². The van der Waals surface area contributed by atoms with E-state index in [9.17, 15) is 9.36 Å². The Morgan fingerprint density at radius 3 is 2.39 bits per heavy atom. The maximum Gasteiger partial charge on any atom is 0.330 e. The van der Waals surface area contributed by atoms with Gasteiger partial charge in [-0.2, -0.15) is 0 Å². The number of carbonyl (C=O) groups excluding carboxylic acids is 1. The van der Waals surface area contributed by atoms with Gasteiger partial charge in [0.25, 0.3) is 0 Å². The molecule has 0 saturated carbocycles. The minimum atomic E-state index is -3.19. The third kappa shape index (κ3) is 8.30. The minimum Gasteiger partial charge on any atom is -0.438 e. The number of carbonyl (C=O) groups is 1. The van der Waals surface area contributed by atoms with Gasteiger partial charge in [0, 0.05) is 13.1 Å². The molecule has 0 aliphatic carbocycles. The van der Waals surface area contributed by atoms with Crippen molar-refractivity contribution < 1.29 is 23.1 Å². The molecule has 0 bridgehead atoms. The zero-order valence-electron chi connectivity index (χ0n) is 11.6. The summed E-state index contributed by atoms with van der Waals surface area (Å²) in [5.74, 6) is 5.06. The number of hydrogen-bond acceptors (Lipinski definition) is 5. The van der Waals surface area contributed by atoms with Crippen molar-refractivity contribution in [2.24, 2.45) is 5.41 Å². The first-order valence-electron chi connectivity index (χ1n) is 5.62. The molecule has 0 aliphatic heterocycles. The Bertz CT molecular complexity index is 372. The van der Waals surface area contributed by atoms with Gasteiger partial charge in [0.1, 0.15) is 0 Å². The topological polar surface area (TPSA) is 61.8 Å². The van der Waals surface area contributed by atoms with Gasteiger partial charge in [0.15, 0.2) is 0 Å². The fraction of sp³-hybridized carbons (Fsp3) is 0.750. The van der Waals surface area contributed by atoms with Crippen LogP contribution in [0.2, 0.25) is 0 Å². The van der Waals surface area contributed by atoms with Crippen LogP contribution in [0.15, 0.2) is 0 Å². The van der Waals surface area contributed by atoms with Gasteiger partial charge in [-0.25, -0.2) is 0 Å². The standard InChI is InChI=1S/C12H21O5P/c1-6-7-8-9-16-18(5,14)17-10-15-11(13)12(2,3)4/h8-10H2,1-5H3. The Hall–Kier alpha value is -0.820. The maximum absolute atomic E-state index is 11.7. The lowest BCUT2D eigenvalue weighted by molar-refractivity contribution is -0.159. The molecule has 0 amide bonds. The van der Waals surface area contributed by atoms with Crippen molar-refractivity contribution >= 4 is 13.6 Å². The molecule has 0 rings (SSSR count). The molecule has 6 heteroatoms. The molecule has 0 aromatic carbocycles. The summed E-state index contributed by atoms with van der Waals surface area (Å²) in [6, 6.07) is 0. The molecular formula is C12H21O5P. The Labute approximate surface area is 109 Å². The van der Waals surface area contributed by atoms with Gasteiger partial charge in [0.2, 0.25) is 6.79 Å². The summed E-state index contributed by atoms with van der Waals surface area (Å²) < 4.78 is 26.5. The van der Waals surface area contributed by atoms with E-state index in [0.717, 1.165) is 0 Å². The van der Waals surface area contributed by atoms with Crippen LogP contribution in [0, 0.1) is 17.3 Å². The van der Waals surface area contributed by atoms with E-state index in [1.54, 1.807) is 27.7 Å². The number of esters is 1. The quantitative estimate of drug-likeness (QED) is 0.245. The van der Waals surface area contributed by atoms with Crippen LogP contribution in [0.4, 0.5) is 0 Å². The lowest BCUT2D eigenvalue weighted by Gasteiger charge is -2.18. The van der Waals surface area contributed by atoms with Gasteiger partial charge in [-0.1, -0.05) is 0 Å². The highest BCUT2D eigenvalue weighted by Crippen LogP contribution is 2.43. The highest BCUT2D eigenvalue weighted by molar-refractivity contribution is 7.52. The third-order valence-electron chi connectivity index (χ3n) is 1.82. The third-order valence-corrected chi connectivity index (χ3v) is 3.05. The summed E-state index contributed by atoms with van der Waals surface area (Å²) in [5.41, 5.74) is -0.612. The zero-order valence-corrected chi connectivity index (χ0v) is 12.5. The molecule has 18 heavy (non-hydrogen) atoms. The van der Waals surface area contributed by atoms with E-state index in [1.807, 2.05) is 0 Å². The van der Waals surface area contributed by atoms with E-state index in [4.69, 9.17) is 13.8 Å². The smallest absolute Gasteiger partial charge is 0.330 e. The van der Waals surface area contributed by atoms with Crippen LogP contribution in [0.25, 0.3) is 0 Å². The largest absolute Gasteiger partial charge is 0.438 e. The highest BCUT2D eigenvalue weighted by atomic mass is 31.2. The Balaban J connectivity index is 3.93. The van der Waals surface area contributed by atoms with Gasteiger partial charge in [0.05, 0.1) is 12.0 Å². The van der Waals surface area contributed by atoms with E-state index >= 15 is 0 Å². The lowest BCUT2D eigenvalue weighted by atomic mass is 9.98. The van der Waals surface area contributed by atoms with E-state index in [0.29, 0.717) is 6.42 Å². The van der Waals surface area contributed by atoms with E-state index in [2.05, 4.69) is 11.8 Å². The summed E-state index contributed by atoms with van der Waals surface area (Å²) in [4.78, 5) is 11.4. The monoisotopic (exact) mass is 276 g/mol. The summed E-state index contributed by atoms with van der Waals surface area (Å²) in [5, 5.41) is 0. The molecule has 0 heterocycles. The first-order valence-corrected chi connectivity index (χ1v) is 7.61. The molecule has 0 saturated heterocycles. The molecule has 104 valence electrons. The molecule has 0 spiro atoms. The number of rotatable bonds is 6. The van der Waals surface area contributed by atoms with Gasteiger partial charge in [-0.05, 0) is 27.7 Å². The molecule has 0 radical (unpaired) electrons. The Morgan fingerprint density at radius 1 is 1.28 bits per heavy atom. The SMILES string of the molecule is CC#CCCOP(C)(=O)OCOC(=O)C(C)(C)C. The van der Waals surface area contributed by atoms with Crippen LogP contribution in [0.3, 0.4) is 0 Å². The lowest BCUT2D eigenvalue weighted by Crippen LogP contribution is -2.23. The fourth-order valence-corrected chi connectivity index (χ4v) is 1.56. The number of hydrogen-bond donors (Lipinski definition) is 0. The predicted octanol–water partition coefficient (Wildman–Crippen LogP) is 2.80. The van der Waals surface area contributed by atoms with Crippen LogP contribution in [-0.2, 0) is 23.1 Å². The minimum absolute atomic E-state index is 0.224. The second-order valence-electron chi connectivity index (χ2n) is 4.71. The molecule has 0 fully saturated rings. The first-order chi connectivity index (χ1) is 8.19. The molecule has 0 N–H and O–H groups in total. The van der Waals surface area contributed by atoms with Gasteiger partial charge in [-0.15, -0.1) is 11.8 Å². The maximum atomic E-state index is 11.7. The average molecular weight is 276 g/mol. The normalized spacial score (nSPS) is 14.3. The van der Waals surface area contributed by atoms with Crippen LogP contribution < -0.4 is 0 Å². The fourth-order valence-electron chi connectivity index (χ4n) is 0.817. The van der Waals surface area contributed by atoms with Crippen LogP contribution in [-0.4, -0.2) is 26.0 Å². The van der Waals surface area contributed by atoms with Gasteiger partial charge >= 0.3 is 13.6 Å². The molecule has 0 aliphatic rings. The highest BCUT2D eigenvalue weighted by Gasteiger charge is 2.24. The Kier molecular flexibility index (Phi) is 7.23. The first kappa shape index (κ1) is 17.2. The van der Waals surface area contributed by atoms with Crippen molar-refractivity contribution in [1.82, 2.24) is 0 Å². The molecular weight excluding hydrogens is 255 g/mol.